The summed E-state index contributed by atoms with van der Waals surface area (Å²) in [7, 11) is 0. The highest BCUT2D eigenvalue weighted by atomic mass is 16.3. The summed E-state index contributed by atoms with van der Waals surface area (Å²) in [5.41, 5.74) is 3.32. The molecule has 0 aliphatic heterocycles. The van der Waals surface area contributed by atoms with E-state index < -0.39 is 6.10 Å². The first kappa shape index (κ1) is 6.85. The van der Waals surface area contributed by atoms with E-state index in [1.165, 1.54) is 17.7 Å². The minimum Gasteiger partial charge on any atom is -0.387 e. The van der Waals surface area contributed by atoms with Crippen molar-refractivity contribution in [1.29, 1.82) is 0 Å². The third kappa shape index (κ3) is 0.959. The maximum atomic E-state index is 9.29. The molecule has 3 heteroatoms. The van der Waals surface area contributed by atoms with Crippen molar-refractivity contribution < 1.29 is 5.11 Å². The molecular formula is C8H12N2O. The summed E-state index contributed by atoms with van der Waals surface area (Å²) in [6.07, 6.45) is 2.94. The molecule has 0 radical (unpaired) electrons. The Morgan fingerprint density at radius 3 is 3.09 bits per heavy atom. The number of aliphatic hydroxyl groups excluding tert-OH is 1. The average molecular weight is 152 g/mol. The minimum absolute atomic E-state index is 0.423. The molecule has 2 rings (SSSR count). The molecule has 1 atom stereocenters. The lowest BCUT2D eigenvalue weighted by Crippen LogP contribution is -1.95. The van der Waals surface area contributed by atoms with Crippen LogP contribution in [0.4, 0.5) is 0 Å². The maximum Gasteiger partial charge on any atom is 0.0953 e. The quantitative estimate of drug-likeness (QED) is 0.629. The highest BCUT2D eigenvalue weighted by Gasteiger charge is 2.20. The Balaban J connectivity index is 2.42. The first-order valence-corrected chi connectivity index (χ1v) is 4.03. The molecule has 0 saturated heterocycles. The fourth-order valence-electron chi connectivity index (χ4n) is 1.69. The Kier molecular flexibility index (Phi) is 1.46. The molecule has 0 fully saturated rings. The lowest BCUT2D eigenvalue weighted by molar-refractivity contribution is 0.193. The zero-order valence-corrected chi connectivity index (χ0v) is 6.59. The smallest absolute Gasteiger partial charge is 0.0953 e. The molecule has 1 aliphatic rings. The molecule has 0 bridgehead atoms. The van der Waals surface area contributed by atoms with Crippen LogP contribution < -0.4 is 0 Å². The summed E-state index contributed by atoms with van der Waals surface area (Å²) >= 11 is 0. The van der Waals surface area contributed by atoms with E-state index >= 15 is 0 Å². The molecule has 0 saturated carbocycles. The van der Waals surface area contributed by atoms with Crippen LogP contribution in [-0.4, -0.2) is 15.3 Å². The van der Waals surface area contributed by atoms with Crippen molar-refractivity contribution in [3.05, 3.63) is 17.0 Å². The van der Waals surface area contributed by atoms with Crippen LogP contribution in [0.5, 0.6) is 0 Å². The van der Waals surface area contributed by atoms with E-state index in [1.807, 2.05) is 0 Å². The first-order chi connectivity index (χ1) is 5.29. The summed E-state index contributed by atoms with van der Waals surface area (Å²) in [4.78, 5) is 0. The van der Waals surface area contributed by atoms with Crippen molar-refractivity contribution in [2.45, 2.75) is 32.3 Å². The predicted molar refractivity (Wildman–Crippen MR) is 41.2 cm³/mol. The van der Waals surface area contributed by atoms with E-state index in [9.17, 15) is 5.11 Å². The SMILES string of the molecule is C[C@@H](O)c1n[nH]c2c1CCC2. The molecule has 3 nitrogen and oxygen atoms in total. The van der Waals surface area contributed by atoms with Crippen LogP contribution in [0.2, 0.25) is 0 Å². The second-order valence-corrected chi connectivity index (χ2v) is 3.10. The standard InChI is InChI=1S/C8H12N2O/c1-5(11)8-6-3-2-4-7(6)9-10-8/h5,11H,2-4H2,1H3,(H,9,10)/t5-/m1/s1. The van der Waals surface area contributed by atoms with Crippen molar-refractivity contribution in [1.82, 2.24) is 10.2 Å². The third-order valence-corrected chi connectivity index (χ3v) is 2.23. The van der Waals surface area contributed by atoms with Gasteiger partial charge in [-0.25, -0.2) is 0 Å². The van der Waals surface area contributed by atoms with Gasteiger partial charge in [0, 0.05) is 5.69 Å². The molecule has 60 valence electrons. The van der Waals surface area contributed by atoms with Crippen molar-refractivity contribution >= 4 is 0 Å². The lowest BCUT2D eigenvalue weighted by Gasteiger charge is -2.00. The Morgan fingerprint density at radius 2 is 2.36 bits per heavy atom. The number of nitrogens with zero attached hydrogens (tertiary/aromatic N) is 1. The number of hydrogen-bond donors (Lipinski definition) is 2. The number of aliphatic hydroxyl groups is 1. The Labute approximate surface area is 65.4 Å². The summed E-state index contributed by atoms with van der Waals surface area (Å²) < 4.78 is 0. The number of H-pyrrole nitrogens is 1. The van der Waals surface area contributed by atoms with Crippen LogP contribution in [0.1, 0.15) is 36.4 Å². The topological polar surface area (TPSA) is 48.9 Å². The fourth-order valence-corrected chi connectivity index (χ4v) is 1.69. The molecule has 0 aromatic carbocycles. The number of aromatic amines is 1. The Morgan fingerprint density at radius 1 is 1.55 bits per heavy atom. The second kappa shape index (κ2) is 2.34. The van der Waals surface area contributed by atoms with Crippen molar-refractivity contribution in [3.8, 4) is 0 Å². The molecule has 0 unspecified atom stereocenters. The largest absolute Gasteiger partial charge is 0.387 e. The van der Waals surface area contributed by atoms with E-state index in [4.69, 9.17) is 0 Å². The summed E-state index contributed by atoms with van der Waals surface area (Å²) in [5.74, 6) is 0. The zero-order chi connectivity index (χ0) is 7.84. The molecule has 1 aromatic rings. The van der Waals surface area contributed by atoms with Gasteiger partial charge in [-0.3, -0.25) is 5.10 Å². The van der Waals surface area contributed by atoms with Crippen LogP contribution >= 0.6 is 0 Å². The van der Waals surface area contributed by atoms with Crippen molar-refractivity contribution in [2.75, 3.05) is 0 Å². The van der Waals surface area contributed by atoms with Crippen LogP contribution in [0.15, 0.2) is 0 Å². The van der Waals surface area contributed by atoms with E-state index in [-0.39, 0.29) is 0 Å². The minimum atomic E-state index is -0.423. The van der Waals surface area contributed by atoms with E-state index in [0.29, 0.717) is 0 Å². The summed E-state index contributed by atoms with van der Waals surface area (Å²) in [6, 6.07) is 0. The van der Waals surface area contributed by atoms with Gasteiger partial charge in [0.05, 0.1) is 11.8 Å². The van der Waals surface area contributed by atoms with Crippen molar-refractivity contribution in [3.63, 3.8) is 0 Å². The monoisotopic (exact) mass is 152 g/mol. The van der Waals surface area contributed by atoms with Gasteiger partial charge in [-0.2, -0.15) is 5.10 Å². The predicted octanol–water partition coefficient (Wildman–Crippen LogP) is 0.952. The van der Waals surface area contributed by atoms with Gasteiger partial charge < -0.3 is 5.11 Å². The molecule has 1 heterocycles. The number of aryl methyl sites for hydroxylation is 1. The summed E-state index contributed by atoms with van der Waals surface area (Å²) in [6.45, 7) is 1.76. The highest BCUT2D eigenvalue weighted by Crippen LogP contribution is 2.26. The number of rotatable bonds is 1. The third-order valence-electron chi connectivity index (χ3n) is 2.23. The Bertz CT molecular complexity index is 265. The normalized spacial score (nSPS) is 18.4. The van der Waals surface area contributed by atoms with Gasteiger partial charge in [-0.1, -0.05) is 0 Å². The van der Waals surface area contributed by atoms with Crippen LogP contribution in [0.3, 0.4) is 0 Å². The van der Waals surface area contributed by atoms with Gasteiger partial charge in [0.15, 0.2) is 0 Å². The van der Waals surface area contributed by atoms with Gasteiger partial charge in [0.2, 0.25) is 0 Å². The van der Waals surface area contributed by atoms with Gasteiger partial charge in [0.1, 0.15) is 0 Å². The number of nitrogens with one attached hydrogen (secondary N) is 1. The number of hydrogen-bond acceptors (Lipinski definition) is 2. The molecular weight excluding hydrogens is 140 g/mol. The molecule has 11 heavy (non-hydrogen) atoms. The van der Waals surface area contributed by atoms with Gasteiger partial charge in [-0.05, 0) is 31.7 Å². The molecule has 2 N–H and O–H groups in total. The second-order valence-electron chi connectivity index (χ2n) is 3.10. The average Bonchev–Trinajstić information content (AvgIpc) is 2.41. The van der Waals surface area contributed by atoms with E-state index in [2.05, 4.69) is 10.2 Å². The lowest BCUT2D eigenvalue weighted by atomic mass is 10.1. The van der Waals surface area contributed by atoms with Crippen LogP contribution in [0, 0.1) is 0 Å². The maximum absolute atomic E-state index is 9.29. The number of fused-ring (bicyclic) bond motifs is 1. The van der Waals surface area contributed by atoms with E-state index in [1.54, 1.807) is 6.92 Å². The van der Waals surface area contributed by atoms with Gasteiger partial charge >= 0.3 is 0 Å². The first-order valence-electron chi connectivity index (χ1n) is 4.03. The van der Waals surface area contributed by atoms with Crippen molar-refractivity contribution in [2.24, 2.45) is 0 Å². The summed E-state index contributed by atoms with van der Waals surface area (Å²) in [5, 5.41) is 16.3. The van der Waals surface area contributed by atoms with Crippen LogP contribution in [0.25, 0.3) is 0 Å². The Hall–Kier alpha value is -0.830. The molecule has 1 aliphatic carbocycles. The number of aromatic nitrogens is 2. The zero-order valence-electron chi connectivity index (χ0n) is 6.59. The molecule has 0 amide bonds. The fraction of sp³-hybridized carbons (Fsp3) is 0.625. The van der Waals surface area contributed by atoms with Gasteiger partial charge in [-0.15, -0.1) is 0 Å². The highest BCUT2D eigenvalue weighted by molar-refractivity contribution is 5.30. The molecule has 1 aromatic heterocycles. The van der Waals surface area contributed by atoms with Gasteiger partial charge in [0.25, 0.3) is 0 Å². The molecule has 0 spiro atoms. The van der Waals surface area contributed by atoms with Crippen LogP contribution in [-0.2, 0) is 12.8 Å². The van der Waals surface area contributed by atoms with E-state index in [0.717, 1.165) is 18.5 Å².